The Kier molecular flexibility index (Phi) is 6.20. The van der Waals surface area contributed by atoms with Crippen molar-refractivity contribution in [1.82, 2.24) is 20.0 Å². The average Bonchev–Trinajstić information content (AvgIpc) is 3.13. The maximum absolute atomic E-state index is 11.9. The summed E-state index contributed by atoms with van der Waals surface area (Å²) in [6.07, 6.45) is 7.11. The number of benzene rings is 1. The van der Waals surface area contributed by atoms with E-state index in [4.69, 9.17) is 4.74 Å². The van der Waals surface area contributed by atoms with Crippen LogP contribution in [0.15, 0.2) is 42.7 Å². The van der Waals surface area contributed by atoms with Crippen molar-refractivity contribution in [3.8, 4) is 5.69 Å². The summed E-state index contributed by atoms with van der Waals surface area (Å²) < 4.78 is 6.85. The van der Waals surface area contributed by atoms with Crippen LogP contribution >= 0.6 is 0 Å². The molecule has 2 aromatic rings. The number of aryl methyl sites for hydroxylation is 1. The van der Waals surface area contributed by atoms with E-state index in [-0.39, 0.29) is 5.91 Å². The van der Waals surface area contributed by atoms with Crippen molar-refractivity contribution in [2.45, 2.75) is 13.3 Å². The number of nitrogens with zero attached hydrogens (tertiary/aromatic N) is 3. The molecule has 138 valence electrons. The van der Waals surface area contributed by atoms with Crippen LogP contribution in [0.25, 0.3) is 11.3 Å². The minimum absolute atomic E-state index is 0.0473. The second kappa shape index (κ2) is 8.78. The lowest BCUT2D eigenvalue weighted by Crippen LogP contribution is -2.40. The van der Waals surface area contributed by atoms with Crippen LogP contribution in [0.5, 0.6) is 0 Å². The second-order valence-electron chi connectivity index (χ2n) is 6.57. The van der Waals surface area contributed by atoms with Crippen molar-refractivity contribution in [3.05, 3.63) is 53.9 Å². The van der Waals surface area contributed by atoms with Crippen molar-refractivity contribution < 1.29 is 9.53 Å². The zero-order valence-electron chi connectivity index (χ0n) is 15.4. The molecule has 0 atom stereocenters. The topological polar surface area (TPSA) is 59.4 Å². The number of hydrogen-bond acceptors (Lipinski definition) is 4. The number of carbonyl (C=O) groups excluding carboxylic acids is 1. The molecule has 2 heterocycles. The van der Waals surface area contributed by atoms with E-state index in [1.807, 2.05) is 10.9 Å². The molecule has 1 aliphatic heterocycles. The molecule has 1 N–H and O–H groups in total. The van der Waals surface area contributed by atoms with Gasteiger partial charge in [0.05, 0.1) is 25.0 Å². The van der Waals surface area contributed by atoms with Crippen LogP contribution in [0.2, 0.25) is 0 Å². The summed E-state index contributed by atoms with van der Waals surface area (Å²) in [6.45, 7) is 5.26. The van der Waals surface area contributed by atoms with E-state index in [0.29, 0.717) is 19.7 Å². The van der Waals surface area contributed by atoms with Crippen molar-refractivity contribution in [2.24, 2.45) is 0 Å². The molecule has 6 nitrogen and oxygen atoms in total. The molecule has 1 aliphatic rings. The normalized spacial score (nSPS) is 14.9. The zero-order valence-corrected chi connectivity index (χ0v) is 15.4. The summed E-state index contributed by atoms with van der Waals surface area (Å²) >= 11 is 0. The van der Waals surface area contributed by atoms with E-state index in [1.54, 1.807) is 7.11 Å². The number of carbonyl (C=O) groups is 1. The molecule has 0 saturated carbocycles. The molecule has 6 heteroatoms. The van der Waals surface area contributed by atoms with Crippen molar-refractivity contribution in [1.29, 1.82) is 0 Å². The van der Waals surface area contributed by atoms with Gasteiger partial charge in [-0.2, -0.15) is 5.10 Å². The summed E-state index contributed by atoms with van der Waals surface area (Å²) in [6, 6.07) is 8.33. The molecule has 1 amide bonds. The average molecular weight is 354 g/mol. The zero-order chi connectivity index (χ0) is 18.4. The molecule has 26 heavy (non-hydrogen) atoms. The van der Waals surface area contributed by atoms with Gasteiger partial charge in [-0.25, -0.2) is 4.68 Å². The molecular formula is C20H26N4O2. The Bertz CT molecular complexity index is 764. The predicted molar refractivity (Wildman–Crippen MR) is 102 cm³/mol. The van der Waals surface area contributed by atoms with Gasteiger partial charge in [-0.15, -0.1) is 0 Å². The molecule has 0 unspecified atom stereocenters. The van der Waals surface area contributed by atoms with Gasteiger partial charge >= 0.3 is 0 Å². The maximum Gasteiger partial charge on any atom is 0.234 e. The Balaban J connectivity index is 1.56. The molecule has 1 aromatic heterocycles. The summed E-state index contributed by atoms with van der Waals surface area (Å²) in [7, 11) is 1.63. The van der Waals surface area contributed by atoms with E-state index in [2.05, 4.69) is 58.8 Å². The number of aromatic nitrogens is 2. The fourth-order valence-corrected chi connectivity index (χ4v) is 3.00. The largest absolute Gasteiger partial charge is 0.383 e. The van der Waals surface area contributed by atoms with Crippen LogP contribution < -0.4 is 5.32 Å². The van der Waals surface area contributed by atoms with Crippen LogP contribution in [0.4, 0.5) is 0 Å². The van der Waals surface area contributed by atoms with E-state index >= 15 is 0 Å². The van der Waals surface area contributed by atoms with Gasteiger partial charge in [-0.3, -0.25) is 9.69 Å². The molecule has 0 saturated heterocycles. The highest BCUT2D eigenvalue weighted by molar-refractivity contribution is 5.78. The van der Waals surface area contributed by atoms with Crippen molar-refractivity contribution >= 4 is 11.5 Å². The highest BCUT2D eigenvalue weighted by atomic mass is 16.5. The van der Waals surface area contributed by atoms with Crippen LogP contribution in [-0.2, 0) is 9.53 Å². The maximum atomic E-state index is 11.9. The standard InChI is InChI=1S/C20H26N4O2/c1-16-3-5-19(6-4-16)24-14-18(13-22-24)17-7-10-23(11-8-17)15-20(25)21-9-12-26-2/h3-7,13-14H,8-12,15H2,1-2H3,(H,21,25). The number of ether oxygens (including phenoxy) is 1. The highest BCUT2D eigenvalue weighted by Crippen LogP contribution is 2.22. The Hall–Kier alpha value is -2.44. The van der Waals surface area contributed by atoms with Gasteiger partial charge in [-0.05, 0) is 31.1 Å². The minimum atomic E-state index is 0.0473. The van der Waals surface area contributed by atoms with Crippen molar-refractivity contribution in [3.63, 3.8) is 0 Å². The minimum Gasteiger partial charge on any atom is -0.383 e. The summed E-state index contributed by atoms with van der Waals surface area (Å²) in [5.74, 6) is 0.0473. The Labute approximate surface area is 154 Å². The van der Waals surface area contributed by atoms with Gasteiger partial charge in [0.2, 0.25) is 5.91 Å². The summed E-state index contributed by atoms with van der Waals surface area (Å²) in [5.41, 5.74) is 4.74. The molecule has 1 aromatic carbocycles. The van der Waals surface area contributed by atoms with Gasteiger partial charge in [0.15, 0.2) is 0 Å². The summed E-state index contributed by atoms with van der Waals surface area (Å²) in [4.78, 5) is 14.0. The van der Waals surface area contributed by atoms with Gasteiger partial charge in [-0.1, -0.05) is 23.8 Å². The first-order valence-electron chi connectivity index (χ1n) is 8.95. The number of amides is 1. The molecule has 3 rings (SSSR count). The van der Waals surface area contributed by atoms with Crippen LogP contribution in [-0.4, -0.2) is 60.5 Å². The Morgan fingerprint density at radius 3 is 2.81 bits per heavy atom. The fraction of sp³-hybridized carbons (Fsp3) is 0.400. The van der Waals surface area contributed by atoms with Gasteiger partial charge < -0.3 is 10.1 Å². The SMILES string of the molecule is COCCNC(=O)CN1CC=C(c2cnn(-c3ccc(C)cc3)c2)CC1. The third-order valence-electron chi connectivity index (χ3n) is 4.54. The first-order chi connectivity index (χ1) is 12.7. The van der Waals surface area contributed by atoms with Crippen LogP contribution in [0.1, 0.15) is 17.5 Å². The molecule has 0 aliphatic carbocycles. The lowest BCUT2D eigenvalue weighted by atomic mass is 10.0. The predicted octanol–water partition coefficient (Wildman–Crippen LogP) is 2.03. The highest BCUT2D eigenvalue weighted by Gasteiger charge is 2.16. The Morgan fingerprint density at radius 2 is 2.12 bits per heavy atom. The van der Waals surface area contributed by atoms with E-state index < -0.39 is 0 Å². The lowest BCUT2D eigenvalue weighted by Gasteiger charge is -2.25. The van der Waals surface area contributed by atoms with Crippen molar-refractivity contribution in [2.75, 3.05) is 39.9 Å². The summed E-state index contributed by atoms with van der Waals surface area (Å²) in [5, 5.41) is 7.35. The van der Waals surface area contributed by atoms with Gasteiger partial charge in [0, 0.05) is 38.5 Å². The second-order valence-corrected chi connectivity index (χ2v) is 6.57. The molecule has 0 bridgehead atoms. The number of rotatable bonds is 7. The first kappa shape index (κ1) is 18.4. The van der Waals surface area contributed by atoms with E-state index in [1.165, 1.54) is 11.1 Å². The number of nitrogens with one attached hydrogen (secondary N) is 1. The van der Waals surface area contributed by atoms with Crippen LogP contribution in [0.3, 0.4) is 0 Å². The van der Waals surface area contributed by atoms with Gasteiger partial charge in [0.1, 0.15) is 0 Å². The molecule has 0 radical (unpaired) electrons. The quantitative estimate of drug-likeness (QED) is 0.773. The molecule has 0 fully saturated rings. The monoisotopic (exact) mass is 354 g/mol. The first-order valence-corrected chi connectivity index (χ1v) is 8.95. The lowest BCUT2D eigenvalue weighted by molar-refractivity contribution is -0.122. The smallest absolute Gasteiger partial charge is 0.234 e. The number of methoxy groups -OCH3 is 1. The molecular weight excluding hydrogens is 328 g/mol. The van der Waals surface area contributed by atoms with E-state index in [9.17, 15) is 4.79 Å². The fourth-order valence-electron chi connectivity index (χ4n) is 3.00. The van der Waals surface area contributed by atoms with Gasteiger partial charge in [0.25, 0.3) is 0 Å². The van der Waals surface area contributed by atoms with E-state index in [0.717, 1.165) is 30.8 Å². The molecule has 0 spiro atoms. The number of hydrogen-bond donors (Lipinski definition) is 1. The Morgan fingerprint density at radius 1 is 1.31 bits per heavy atom. The third kappa shape index (κ3) is 4.80. The third-order valence-corrected chi connectivity index (χ3v) is 4.54. The van der Waals surface area contributed by atoms with Crippen LogP contribution in [0, 0.1) is 6.92 Å².